The van der Waals surface area contributed by atoms with E-state index in [-0.39, 0.29) is 11.9 Å². The third-order valence-corrected chi connectivity index (χ3v) is 3.50. The summed E-state index contributed by atoms with van der Waals surface area (Å²) in [4.78, 5) is 14.1. The van der Waals surface area contributed by atoms with Crippen LogP contribution >= 0.6 is 0 Å². The smallest absolute Gasteiger partial charge is 0.276 e. The van der Waals surface area contributed by atoms with E-state index in [1.54, 1.807) is 25.0 Å². The molecule has 21 heavy (non-hydrogen) atoms. The molecule has 1 aliphatic rings. The summed E-state index contributed by atoms with van der Waals surface area (Å²) in [7, 11) is 1.62. The lowest BCUT2D eigenvalue weighted by Crippen LogP contribution is -2.41. The van der Waals surface area contributed by atoms with Gasteiger partial charge in [0.05, 0.1) is 12.6 Å². The van der Waals surface area contributed by atoms with Crippen molar-refractivity contribution in [2.45, 2.75) is 33.0 Å². The van der Waals surface area contributed by atoms with Gasteiger partial charge in [0.1, 0.15) is 12.4 Å². The van der Waals surface area contributed by atoms with Crippen LogP contribution < -0.4 is 0 Å². The van der Waals surface area contributed by atoms with Crippen molar-refractivity contribution in [3.05, 3.63) is 29.2 Å². The van der Waals surface area contributed by atoms with Gasteiger partial charge >= 0.3 is 0 Å². The fourth-order valence-electron chi connectivity index (χ4n) is 2.62. The second-order valence-corrected chi connectivity index (χ2v) is 5.19. The monoisotopic (exact) mass is 291 g/mol. The minimum Gasteiger partial charge on any atom is -0.377 e. The summed E-state index contributed by atoms with van der Waals surface area (Å²) in [6.45, 7) is 5.18. The van der Waals surface area contributed by atoms with Crippen LogP contribution in [0.1, 0.15) is 40.9 Å². The number of rotatable bonds is 3. The Bertz CT molecular complexity index is 663. The van der Waals surface area contributed by atoms with Gasteiger partial charge in [0, 0.05) is 19.7 Å². The predicted octanol–water partition coefficient (Wildman–Crippen LogP) is 0.938. The van der Waals surface area contributed by atoms with Crippen molar-refractivity contribution in [3.63, 3.8) is 0 Å². The SMILES string of the molecule is COCc1nnc2n1[C@@H](C)CN(C(=O)c1cc(C)on1)C2. The number of carbonyl (C=O) groups is 1. The van der Waals surface area contributed by atoms with Crippen molar-refractivity contribution in [2.75, 3.05) is 13.7 Å². The number of nitrogens with zero attached hydrogens (tertiary/aromatic N) is 5. The molecule has 8 nitrogen and oxygen atoms in total. The molecule has 0 bridgehead atoms. The van der Waals surface area contributed by atoms with E-state index in [4.69, 9.17) is 9.26 Å². The van der Waals surface area contributed by atoms with Crippen molar-refractivity contribution in [2.24, 2.45) is 0 Å². The minimum atomic E-state index is -0.152. The Morgan fingerprint density at radius 2 is 2.33 bits per heavy atom. The van der Waals surface area contributed by atoms with E-state index in [0.29, 0.717) is 31.2 Å². The molecular weight excluding hydrogens is 274 g/mol. The Hall–Kier alpha value is -2.22. The lowest BCUT2D eigenvalue weighted by atomic mass is 10.2. The minimum absolute atomic E-state index is 0.0887. The van der Waals surface area contributed by atoms with Crippen LogP contribution in [-0.4, -0.2) is 44.4 Å². The van der Waals surface area contributed by atoms with Crippen LogP contribution in [0.15, 0.2) is 10.6 Å². The molecule has 0 saturated heterocycles. The molecule has 3 rings (SSSR count). The van der Waals surface area contributed by atoms with Gasteiger partial charge in [-0.1, -0.05) is 5.16 Å². The largest absolute Gasteiger partial charge is 0.377 e. The molecule has 112 valence electrons. The second-order valence-electron chi connectivity index (χ2n) is 5.19. The topological polar surface area (TPSA) is 86.3 Å². The van der Waals surface area contributed by atoms with Gasteiger partial charge in [-0.15, -0.1) is 10.2 Å². The molecule has 3 heterocycles. The lowest BCUT2D eigenvalue weighted by molar-refractivity contribution is 0.0664. The molecule has 1 atom stereocenters. The van der Waals surface area contributed by atoms with E-state index in [1.165, 1.54) is 0 Å². The number of carbonyl (C=O) groups excluding carboxylic acids is 1. The Labute approximate surface area is 121 Å². The fraction of sp³-hybridized carbons (Fsp3) is 0.538. The normalized spacial score (nSPS) is 17.9. The van der Waals surface area contributed by atoms with Gasteiger partial charge in [-0.05, 0) is 13.8 Å². The van der Waals surface area contributed by atoms with Crippen molar-refractivity contribution in [1.29, 1.82) is 0 Å². The van der Waals surface area contributed by atoms with Gasteiger partial charge in [-0.3, -0.25) is 4.79 Å². The summed E-state index contributed by atoms with van der Waals surface area (Å²) in [5.41, 5.74) is 0.324. The molecule has 1 aliphatic heterocycles. The number of hydrogen-bond donors (Lipinski definition) is 0. The number of aromatic nitrogens is 4. The van der Waals surface area contributed by atoms with Crippen molar-refractivity contribution in [1.82, 2.24) is 24.8 Å². The van der Waals surface area contributed by atoms with Crippen LogP contribution in [0.5, 0.6) is 0 Å². The number of fused-ring (bicyclic) bond motifs is 1. The Balaban J connectivity index is 1.83. The summed E-state index contributed by atoms with van der Waals surface area (Å²) in [6.07, 6.45) is 0. The number of ether oxygens (including phenoxy) is 1. The summed E-state index contributed by atoms with van der Waals surface area (Å²) in [6, 6.07) is 1.73. The third-order valence-electron chi connectivity index (χ3n) is 3.50. The Morgan fingerprint density at radius 3 is 3.00 bits per heavy atom. The van der Waals surface area contributed by atoms with E-state index in [1.807, 2.05) is 11.5 Å². The molecule has 0 spiro atoms. The molecule has 0 aliphatic carbocycles. The lowest BCUT2D eigenvalue weighted by Gasteiger charge is -2.32. The van der Waals surface area contributed by atoms with Crippen LogP contribution in [0.3, 0.4) is 0 Å². The first-order chi connectivity index (χ1) is 10.1. The Morgan fingerprint density at radius 1 is 1.52 bits per heavy atom. The van der Waals surface area contributed by atoms with Gasteiger partial charge in [0.2, 0.25) is 0 Å². The summed E-state index contributed by atoms with van der Waals surface area (Å²) >= 11 is 0. The number of methoxy groups -OCH3 is 1. The van der Waals surface area contributed by atoms with Crippen LogP contribution in [0.25, 0.3) is 0 Å². The van der Waals surface area contributed by atoms with Gasteiger partial charge in [0.15, 0.2) is 17.3 Å². The number of amides is 1. The molecule has 0 saturated carbocycles. The Kier molecular flexibility index (Phi) is 3.46. The van der Waals surface area contributed by atoms with E-state index in [2.05, 4.69) is 15.4 Å². The second kappa shape index (κ2) is 5.28. The molecule has 0 unspecified atom stereocenters. The highest BCUT2D eigenvalue weighted by atomic mass is 16.5. The third kappa shape index (κ3) is 2.42. The maximum Gasteiger partial charge on any atom is 0.276 e. The number of aryl methyl sites for hydroxylation is 1. The molecule has 2 aromatic heterocycles. The van der Waals surface area contributed by atoms with Crippen LogP contribution in [0.2, 0.25) is 0 Å². The van der Waals surface area contributed by atoms with Crippen molar-refractivity contribution >= 4 is 5.91 Å². The highest BCUT2D eigenvalue weighted by Crippen LogP contribution is 2.23. The van der Waals surface area contributed by atoms with Gasteiger partial charge in [-0.25, -0.2) is 0 Å². The zero-order chi connectivity index (χ0) is 15.0. The number of hydrogen-bond acceptors (Lipinski definition) is 6. The van der Waals surface area contributed by atoms with E-state index in [0.717, 1.165) is 11.6 Å². The molecular formula is C13H17N5O3. The van der Waals surface area contributed by atoms with E-state index >= 15 is 0 Å². The molecule has 8 heteroatoms. The van der Waals surface area contributed by atoms with Crippen LogP contribution in [0, 0.1) is 6.92 Å². The van der Waals surface area contributed by atoms with Crippen molar-refractivity contribution in [3.8, 4) is 0 Å². The van der Waals surface area contributed by atoms with Crippen LogP contribution in [0.4, 0.5) is 0 Å². The molecule has 0 aromatic carbocycles. The summed E-state index contributed by atoms with van der Waals surface area (Å²) in [5.74, 6) is 2.01. The quantitative estimate of drug-likeness (QED) is 0.836. The molecule has 0 fully saturated rings. The molecule has 1 amide bonds. The van der Waals surface area contributed by atoms with Crippen LogP contribution in [-0.2, 0) is 17.9 Å². The fourth-order valence-corrected chi connectivity index (χ4v) is 2.62. The average molecular weight is 291 g/mol. The van der Waals surface area contributed by atoms with Gasteiger partial charge in [-0.2, -0.15) is 0 Å². The van der Waals surface area contributed by atoms with Gasteiger partial charge < -0.3 is 18.7 Å². The predicted molar refractivity (Wildman–Crippen MR) is 71.4 cm³/mol. The maximum absolute atomic E-state index is 12.4. The first-order valence-corrected chi connectivity index (χ1v) is 6.74. The zero-order valence-corrected chi connectivity index (χ0v) is 12.2. The molecule has 2 aromatic rings. The van der Waals surface area contributed by atoms with Gasteiger partial charge in [0.25, 0.3) is 5.91 Å². The molecule has 0 N–H and O–H groups in total. The first kappa shape index (κ1) is 13.7. The highest BCUT2D eigenvalue weighted by molar-refractivity contribution is 5.92. The van der Waals surface area contributed by atoms with E-state index in [9.17, 15) is 4.79 Å². The zero-order valence-electron chi connectivity index (χ0n) is 12.2. The summed E-state index contributed by atoms with van der Waals surface area (Å²) in [5, 5.41) is 12.1. The highest BCUT2D eigenvalue weighted by Gasteiger charge is 2.30. The van der Waals surface area contributed by atoms with Crippen molar-refractivity contribution < 1.29 is 14.1 Å². The first-order valence-electron chi connectivity index (χ1n) is 6.74. The average Bonchev–Trinajstić information content (AvgIpc) is 3.05. The standard InChI is InChI=1S/C13H17N5O3/c1-8-5-17(13(19)10-4-9(2)21-16-10)6-11-14-15-12(7-20-3)18(8)11/h4,8H,5-7H2,1-3H3/t8-/m0/s1. The molecule has 0 radical (unpaired) electrons. The summed E-state index contributed by atoms with van der Waals surface area (Å²) < 4.78 is 12.1. The maximum atomic E-state index is 12.4. The van der Waals surface area contributed by atoms with E-state index < -0.39 is 0 Å².